The minimum absolute atomic E-state index is 0.755. The summed E-state index contributed by atoms with van der Waals surface area (Å²) in [6.45, 7) is 3.62. The minimum atomic E-state index is 0.755. The van der Waals surface area contributed by atoms with Gasteiger partial charge in [0.25, 0.3) is 0 Å². The molecule has 2 aliphatic rings. The summed E-state index contributed by atoms with van der Waals surface area (Å²) in [7, 11) is 0. The van der Waals surface area contributed by atoms with Crippen LogP contribution in [0.5, 0.6) is 0 Å². The van der Waals surface area contributed by atoms with Crippen LogP contribution < -0.4 is 5.32 Å². The van der Waals surface area contributed by atoms with E-state index in [1.807, 2.05) is 0 Å². The van der Waals surface area contributed by atoms with E-state index in [1.165, 1.54) is 90.0 Å². The molecule has 0 aromatic rings. The van der Waals surface area contributed by atoms with Gasteiger partial charge in [-0.2, -0.15) is 0 Å². The highest BCUT2D eigenvalue weighted by Gasteiger charge is 2.42. The molecule has 1 heteroatoms. The largest absolute Gasteiger partial charge is 0.313 e. The van der Waals surface area contributed by atoms with Crippen LogP contribution in [0.1, 0.15) is 90.4 Å². The summed E-state index contributed by atoms with van der Waals surface area (Å²) in [6, 6.07) is 0.904. The number of rotatable bonds is 12. The average molecular weight is 251 g/mol. The molecule has 0 aliphatic heterocycles. The molecule has 2 fully saturated rings. The number of nitrogens with one attached hydrogen (secondary N) is 1. The summed E-state index contributed by atoms with van der Waals surface area (Å²) < 4.78 is 0. The second-order valence-corrected chi connectivity index (χ2v) is 6.88. The minimum Gasteiger partial charge on any atom is -0.313 e. The van der Waals surface area contributed by atoms with Crippen molar-refractivity contribution < 1.29 is 0 Å². The maximum Gasteiger partial charge on any atom is 0.00684 e. The molecule has 0 unspecified atom stereocenters. The van der Waals surface area contributed by atoms with Gasteiger partial charge in [0.05, 0.1) is 0 Å². The van der Waals surface area contributed by atoms with E-state index in [0.29, 0.717) is 0 Å². The summed E-state index contributed by atoms with van der Waals surface area (Å²) in [5, 5.41) is 3.73. The highest BCUT2D eigenvalue weighted by atomic mass is 15.0. The molecule has 0 heterocycles. The fourth-order valence-electron chi connectivity index (χ4n) is 2.97. The standard InChI is InChI=1S/C17H33N/c1-2-3-4-5-6-7-8-9-12-17(13-14-17)15-18-16-10-11-16/h16,18H,2-15H2,1H3. The van der Waals surface area contributed by atoms with E-state index in [1.54, 1.807) is 0 Å². The maximum absolute atomic E-state index is 3.73. The van der Waals surface area contributed by atoms with Gasteiger partial charge in [0.2, 0.25) is 0 Å². The first-order valence-electron chi connectivity index (χ1n) is 8.58. The molecule has 0 aromatic carbocycles. The summed E-state index contributed by atoms with van der Waals surface area (Å²) in [5.41, 5.74) is 0.755. The molecular formula is C17H33N. The molecule has 1 nitrogen and oxygen atoms in total. The van der Waals surface area contributed by atoms with Gasteiger partial charge < -0.3 is 5.32 Å². The Kier molecular flexibility index (Phi) is 6.01. The van der Waals surface area contributed by atoms with Crippen LogP contribution in [0, 0.1) is 5.41 Å². The van der Waals surface area contributed by atoms with Crippen molar-refractivity contribution in [1.82, 2.24) is 5.32 Å². The Labute approximate surface area is 114 Å². The lowest BCUT2D eigenvalue weighted by atomic mass is 9.97. The van der Waals surface area contributed by atoms with E-state index in [0.717, 1.165) is 11.5 Å². The van der Waals surface area contributed by atoms with Crippen LogP contribution in [0.3, 0.4) is 0 Å². The van der Waals surface area contributed by atoms with Gasteiger partial charge in [0.15, 0.2) is 0 Å². The van der Waals surface area contributed by atoms with Gasteiger partial charge in [0.1, 0.15) is 0 Å². The Hall–Kier alpha value is -0.0400. The van der Waals surface area contributed by atoms with E-state index in [9.17, 15) is 0 Å². The Morgan fingerprint density at radius 1 is 0.889 bits per heavy atom. The molecule has 0 saturated heterocycles. The normalized spacial score (nSPS) is 21.2. The van der Waals surface area contributed by atoms with Crippen molar-refractivity contribution in [3.63, 3.8) is 0 Å². The van der Waals surface area contributed by atoms with Gasteiger partial charge in [-0.05, 0) is 37.5 Å². The van der Waals surface area contributed by atoms with Crippen LogP contribution in [-0.4, -0.2) is 12.6 Å². The Bertz CT molecular complexity index is 216. The zero-order chi connectivity index (χ0) is 12.7. The smallest absolute Gasteiger partial charge is 0.00684 e. The van der Waals surface area contributed by atoms with E-state index in [2.05, 4.69) is 12.2 Å². The first-order chi connectivity index (χ1) is 8.85. The van der Waals surface area contributed by atoms with Gasteiger partial charge in [-0.1, -0.05) is 58.3 Å². The molecule has 0 bridgehead atoms. The monoisotopic (exact) mass is 251 g/mol. The van der Waals surface area contributed by atoms with Gasteiger partial charge >= 0.3 is 0 Å². The lowest BCUT2D eigenvalue weighted by Gasteiger charge is -2.15. The topological polar surface area (TPSA) is 12.0 Å². The first-order valence-corrected chi connectivity index (χ1v) is 8.58. The third kappa shape index (κ3) is 5.73. The van der Waals surface area contributed by atoms with Crippen LogP contribution in [0.15, 0.2) is 0 Å². The van der Waals surface area contributed by atoms with E-state index < -0.39 is 0 Å². The summed E-state index contributed by atoms with van der Waals surface area (Å²) in [6.07, 6.45) is 19.1. The summed E-state index contributed by atoms with van der Waals surface area (Å²) in [5.74, 6) is 0. The highest BCUT2D eigenvalue weighted by molar-refractivity contribution is 4.96. The molecule has 2 aliphatic carbocycles. The lowest BCUT2D eigenvalue weighted by molar-refractivity contribution is 0.401. The van der Waals surface area contributed by atoms with E-state index in [4.69, 9.17) is 0 Å². The zero-order valence-corrected chi connectivity index (χ0v) is 12.5. The van der Waals surface area contributed by atoms with Crippen LogP contribution in [-0.2, 0) is 0 Å². The fourth-order valence-corrected chi connectivity index (χ4v) is 2.97. The summed E-state index contributed by atoms with van der Waals surface area (Å²) >= 11 is 0. The van der Waals surface area contributed by atoms with Crippen LogP contribution in [0.4, 0.5) is 0 Å². The first kappa shape index (κ1) is 14.4. The van der Waals surface area contributed by atoms with Crippen molar-refractivity contribution in [2.75, 3.05) is 6.54 Å². The molecular weight excluding hydrogens is 218 g/mol. The molecule has 0 amide bonds. The van der Waals surface area contributed by atoms with Gasteiger partial charge in [-0.3, -0.25) is 0 Å². The van der Waals surface area contributed by atoms with E-state index in [-0.39, 0.29) is 0 Å². The molecule has 18 heavy (non-hydrogen) atoms. The zero-order valence-electron chi connectivity index (χ0n) is 12.5. The molecule has 2 saturated carbocycles. The Balaban J connectivity index is 1.38. The van der Waals surface area contributed by atoms with Crippen molar-refractivity contribution in [2.45, 2.75) is 96.4 Å². The Morgan fingerprint density at radius 3 is 2.06 bits per heavy atom. The SMILES string of the molecule is CCCCCCCCCCC1(CNC2CC2)CC1. The molecule has 0 atom stereocenters. The molecule has 0 radical (unpaired) electrons. The fraction of sp³-hybridized carbons (Fsp3) is 1.00. The second-order valence-electron chi connectivity index (χ2n) is 6.88. The predicted molar refractivity (Wildman–Crippen MR) is 79.9 cm³/mol. The van der Waals surface area contributed by atoms with Crippen LogP contribution >= 0.6 is 0 Å². The number of unbranched alkanes of at least 4 members (excludes halogenated alkanes) is 7. The number of hydrogen-bond acceptors (Lipinski definition) is 1. The molecule has 106 valence electrons. The number of hydrogen-bond donors (Lipinski definition) is 1. The molecule has 0 aromatic heterocycles. The second kappa shape index (κ2) is 7.53. The van der Waals surface area contributed by atoms with Crippen molar-refractivity contribution in [1.29, 1.82) is 0 Å². The van der Waals surface area contributed by atoms with Crippen molar-refractivity contribution in [2.24, 2.45) is 5.41 Å². The molecule has 1 N–H and O–H groups in total. The van der Waals surface area contributed by atoms with Crippen molar-refractivity contribution in [3.8, 4) is 0 Å². The third-order valence-electron chi connectivity index (χ3n) is 4.86. The maximum atomic E-state index is 3.73. The highest BCUT2D eigenvalue weighted by Crippen LogP contribution is 2.49. The van der Waals surface area contributed by atoms with E-state index >= 15 is 0 Å². The average Bonchev–Trinajstić information content (AvgIpc) is 3.26. The van der Waals surface area contributed by atoms with Crippen molar-refractivity contribution >= 4 is 0 Å². The Morgan fingerprint density at radius 2 is 1.50 bits per heavy atom. The molecule has 2 rings (SSSR count). The summed E-state index contributed by atoms with van der Waals surface area (Å²) in [4.78, 5) is 0. The lowest BCUT2D eigenvalue weighted by Crippen LogP contribution is -2.25. The van der Waals surface area contributed by atoms with Crippen LogP contribution in [0.25, 0.3) is 0 Å². The van der Waals surface area contributed by atoms with Crippen molar-refractivity contribution in [3.05, 3.63) is 0 Å². The molecule has 0 spiro atoms. The van der Waals surface area contributed by atoms with Gasteiger partial charge in [-0.15, -0.1) is 0 Å². The predicted octanol–water partition coefficient (Wildman–Crippen LogP) is 5.05. The van der Waals surface area contributed by atoms with Crippen LogP contribution in [0.2, 0.25) is 0 Å². The van der Waals surface area contributed by atoms with Gasteiger partial charge in [-0.25, -0.2) is 0 Å². The van der Waals surface area contributed by atoms with Gasteiger partial charge in [0, 0.05) is 12.6 Å². The third-order valence-corrected chi connectivity index (χ3v) is 4.86. The quantitative estimate of drug-likeness (QED) is 0.479.